The molecule has 2 aliphatic rings. The van der Waals surface area contributed by atoms with E-state index in [0.717, 1.165) is 6.42 Å². The fourth-order valence-electron chi connectivity index (χ4n) is 3.92. The number of likely N-dealkylation sites (tertiary alicyclic amines) is 1. The maximum absolute atomic E-state index is 12.4. The van der Waals surface area contributed by atoms with E-state index in [1.54, 1.807) is 4.90 Å². The number of fused-ring (bicyclic) bond motifs is 1. The highest BCUT2D eigenvalue weighted by Gasteiger charge is 2.30. The number of aliphatic hydroxyl groups is 1. The molecular weight excluding hydrogens is 316 g/mol. The zero-order valence-corrected chi connectivity index (χ0v) is 15.1. The number of aryl methyl sites for hydroxylation is 1. The molecule has 1 heterocycles. The van der Waals surface area contributed by atoms with Gasteiger partial charge in [0.05, 0.1) is 12.1 Å². The Morgan fingerprint density at radius 2 is 1.96 bits per heavy atom. The highest BCUT2D eigenvalue weighted by atomic mass is 16.3. The molecule has 0 radical (unpaired) electrons. The van der Waals surface area contributed by atoms with Crippen molar-refractivity contribution < 1.29 is 14.7 Å². The van der Waals surface area contributed by atoms with Crippen LogP contribution in [-0.2, 0) is 16.0 Å². The number of nitrogens with one attached hydrogen (secondary N) is 1. The molecule has 2 atom stereocenters. The number of hydrogen-bond acceptors (Lipinski definition) is 3. The van der Waals surface area contributed by atoms with Crippen LogP contribution in [0.3, 0.4) is 0 Å². The summed E-state index contributed by atoms with van der Waals surface area (Å²) in [6.45, 7) is 5.41. The third-order valence-corrected chi connectivity index (χ3v) is 5.45. The summed E-state index contributed by atoms with van der Waals surface area (Å²) in [5, 5.41) is 12.6. The van der Waals surface area contributed by atoms with E-state index in [4.69, 9.17) is 0 Å². The van der Waals surface area contributed by atoms with Gasteiger partial charge in [0.15, 0.2) is 0 Å². The fraction of sp³-hybridized carbons (Fsp3) is 0.600. The topological polar surface area (TPSA) is 69.6 Å². The molecular formula is C20H28N2O3. The van der Waals surface area contributed by atoms with Gasteiger partial charge in [0.25, 0.3) is 0 Å². The minimum atomic E-state index is -0.292. The number of nitrogens with zero attached hydrogens (tertiary/aromatic N) is 1. The van der Waals surface area contributed by atoms with Crippen LogP contribution >= 0.6 is 0 Å². The Hall–Kier alpha value is -1.88. The quantitative estimate of drug-likeness (QED) is 0.879. The average molecular weight is 344 g/mol. The van der Waals surface area contributed by atoms with Gasteiger partial charge in [-0.1, -0.05) is 30.7 Å². The largest absolute Gasteiger partial charge is 0.393 e. The summed E-state index contributed by atoms with van der Waals surface area (Å²) in [5.41, 5.74) is 3.73. The van der Waals surface area contributed by atoms with Crippen LogP contribution in [0.15, 0.2) is 18.2 Å². The van der Waals surface area contributed by atoms with Crippen LogP contribution in [0.2, 0.25) is 0 Å². The maximum Gasteiger partial charge on any atom is 0.223 e. The minimum Gasteiger partial charge on any atom is -0.393 e. The molecule has 0 bridgehead atoms. The number of piperidine rings is 1. The molecule has 1 aromatic carbocycles. The Balaban J connectivity index is 1.51. The van der Waals surface area contributed by atoms with Crippen LogP contribution in [0.5, 0.6) is 0 Å². The van der Waals surface area contributed by atoms with Crippen molar-refractivity contribution >= 4 is 11.8 Å². The molecule has 0 aromatic heterocycles. The fourth-order valence-corrected chi connectivity index (χ4v) is 3.92. The standard InChI is InChI=1S/C20H28N2O3/c1-13-3-4-15-12-14(2)20(17(15)11-13)21-18(24)5-6-19(25)22-9-7-16(23)8-10-22/h3-4,11,14,16,20,23H,5-10,12H2,1-2H3,(H,21,24). The van der Waals surface area contributed by atoms with Crippen LogP contribution < -0.4 is 5.32 Å². The maximum atomic E-state index is 12.4. The third kappa shape index (κ3) is 4.21. The molecule has 136 valence electrons. The van der Waals surface area contributed by atoms with E-state index in [1.807, 2.05) is 0 Å². The molecule has 1 fully saturated rings. The van der Waals surface area contributed by atoms with E-state index < -0.39 is 0 Å². The van der Waals surface area contributed by atoms with Gasteiger partial charge in [-0.05, 0) is 43.2 Å². The number of rotatable bonds is 4. The van der Waals surface area contributed by atoms with Crippen LogP contribution in [0.1, 0.15) is 55.3 Å². The second-order valence-electron chi connectivity index (χ2n) is 7.54. The van der Waals surface area contributed by atoms with Gasteiger partial charge >= 0.3 is 0 Å². The number of carbonyl (C=O) groups excluding carboxylic acids is 2. The third-order valence-electron chi connectivity index (χ3n) is 5.45. The van der Waals surface area contributed by atoms with Crippen molar-refractivity contribution in [1.82, 2.24) is 10.2 Å². The molecule has 5 heteroatoms. The van der Waals surface area contributed by atoms with Gasteiger partial charge in [-0.3, -0.25) is 9.59 Å². The van der Waals surface area contributed by atoms with Crippen molar-refractivity contribution in [3.63, 3.8) is 0 Å². The highest BCUT2D eigenvalue weighted by Crippen LogP contribution is 2.36. The smallest absolute Gasteiger partial charge is 0.223 e. The molecule has 0 saturated carbocycles. The molecule has 0 spiro atoms. The Morgan fingerprint density at radius 3 is 2.68 bits per heavy atom. The number of hydrogen-bond donors (Lipinski definition) is 2. The zero-order valence-electron chi connectivity index (χ0n) is 15.1. The first-order valence-corrected chi connectivity index (χ1v) is 9.28. The van der Waals surface area contributed by atoms with Crippen molar-refractivity contribution in [2.45, 2.75) is 58.1 Å². The van der Waals surface area contributed by atoms with Crippen molar-refractivity contribution in [2.24, 2.45) is 5.92 Å². The predicted molar refractivity (Wildman–Crippen MR) is 96.0 cm³/mol. The van der Waals surface area contributed by atoms with Crippen molar-refractivity contribution in [2.75, 3.05) is 13.1 Å². The number of aliphatic hydroxyl groups excluding tert-OH is 1. The molecule has 1 aliphatic carbocycles. The minimum absolute atomic E-state index is 0.0118. The van der Waals surface area contributed by atoms with Gasteiger partial charge in [0.1, 0.15) is 0 Å². The lowest BCUT2D eigenvalue weighted by atomic mass is 10.0. The SMILES string of the molecule is Cc1ccc2c(c1)C(NC(=O)CCC(=O)N1CCC(O)CC1)C(C)C2. The Labute approximate surface area is 149 Å². The summed E-state index contributed by atoms with van der Waals surface area (Å²) < 4.78 is 0. The Morgan fingerprint density at radius 1 is 1.24 bits per heavy atom. The predicted octanol–water partition coefficient (Wildman–Crippen LogP) is 2.11. The summed E-state index contributed by atoms with van der Waals surface area (Å²) in [5.74, 6) is 0.328. The molecule has 1 saturated heterocycles. The molecule has 3 rings (SSSR count). The molecule has 2 unspecified atom stereocenters. The van der Waals surface area contributed by atoms with Crippen LogP contribution in [0, 0.1) is 12.8 Å². The monoisotopic (exact) mass is 344 g/mol. The summed E-state index contributed by atoms with van der Waals surface area (Å²) in [7, 11) is 0. The summed E-state index contributed by atoms with van der Waals surface area (Å²) in [6, 6.07) is 6.47. The van der Waals surface area contributed by atoms with Crippen molar-refractivity contribution in [1.29, 1.82) is 0 Å². The van der Waals surface area contributed by atoms with E-state index in [0.29, 0.717) is 31.8 Å². The molecule has 25 heavy (non-hydrogen) atoms. The molecule has 2 N–H and O–H groups in total. The lowest BCUT2D eigenvalue weighted by Gasteiger charge is -2.29. The van der Waals surface area contributed by atoms with Gasteiger partial charge in [0, 0.05) is 25.9 Å². The first-order valence-electron chi connectivity index (χ1n) is 9.28. The number of benzene rings is 1. The lowest BCUT2D eigenvalue weighted by molar-refractivity contribution is -0.135. The summed E-state index contributed by atoms with van der Waals surface area (Å²) in [4.78, 5) is 26.3. The van der Waals surface area contributed by atoms with E-state index >= 15 is 0 Å². The number of amides is 2. The second-order valence-corrected chi connectivity index (χ2v) is 7.54. The summed E-state index contributed by atoms with van der Waals surface area (Å²) in [6.07, 6.45) is 2.42. The van der Waals surface area contributed by atoms with Gasteiger partial charge in [-0.25, -0.2) is 0 Å². The van der Waals surface area contributed by atoms with Crippen LogP contribution in [0.4, 0.5) is 0 Å². The van der Waals surface area contributed by atoms with Gasteiger partial charge in [-0.15, -0.1) is 0 Å². The van der Waals surface area contributed by atoms with Crippen LogP contribution in [-0.4, -0.2) is 41.0 Å². The van der Waals surface area contributed by atoms with Crippen molar-refractivity contribution in [3.05, 3.63) is 34.9 Å². The first kappa shape index (κ1) is 17.9. The van der Waals surface area contributed by atoms with Gasteiger partial charge < -0.3 is 15.3 Å². The highest BCUT2D eigenvalue weighted by molar-refractivity contribution is 5.84. The summed E-state index contributed by atoms with van der Waals surface area (Å²) >= 11 is 0. The Bertz CT molecular complexity index is 650. The van der Waals surface area contributed by atoms with E-state index in [1.165, 1.54) is 16.7 Å². The molecule has 1 aliphatic heterocycles. The van der Waals surface area contributed by atoms with Gasteiger partial charge in [0.2, 0.25) is 11.8 Å². The lowest BCUT2D eigenvalue weighted by Crippen LogP contribution is -2.40. The second kappa shape index (κ2) is 7.56. The first-order chi connectivity index (χ1) is 11.9. The average Bonchev–Trinajstić information content (AvgIpc) is 2.88. The van der Waals surface area contributed by atoms with Gasteiger partial charge in [-0.2, -0.15) is 0 Å². The normalized spacial score (nSPS) is 23.4. The number of carbonyl (C=O) groups is 2. The van der Waals surface area contributed by atoms with Crippen LogP contribution in [0.25, 0.3) is 0 Å². The molecule has 2 amide bonds. The molecule has 5 nitrogen and oxygen atoms in total. The van der Waals surface area contributed by atoms with E-state index in [9.17, 15) is 14.7 Å². The van der Waals surface area contributed by atoms with E-state index in [-0.39, 0.29) is 36.8 Å². The van der Waals surface area contributed by atoms with Crippen molar-refractivity contribution in [3.8, 4) is 0 Å². The zero-order chi connectivity index (χ0) is 18.0. The van der Waals surface area contributed by atoms with E-state index in [2.05, 4.69) is 37.4 Å². The molecule has 1 aromatic rings. The Kier molecular flexibility index (Phi) is 5.42.